The molecule has 0 unspecified atom stereocenters. The lowest BCUT2D eigenvalue weighted by molar-refractivity contribution is -0.159. The summed E-state index contributed by atoms with van der Waals surface area (Å²) >= 11 is 0. The second-order valence-electron chi connectivity index (χ2n) is 3.45. The number of hydrogen-bond acceptors (Lipinski definition) is 4. The third kappa shape index (κ3) is 5.40. The molecule has 4 heteroatoms. The van der Waals surface area contributed by atoms with Gasteiger partial charge >= 0.3 is 11.9 Å². The van der Waals surface area contributed by atoms with E-state index in [0.29, 0.717) is 6.42 Å². The standard InChI is InChI=1S/C11H20O4/c1-4-5-6-7-8-9(10(12)14-2)11(13)15-3/h9H,4-8H2,1-3H3. The van der Waals surface area contributed by atoms with Crippen molar-refractivity contribution in [2.75, 3.05) is 14.2 Å². The van der Waals surface area contributed by atoms with Crippen LogP contribution in [0.3, 0.4) is 0 Å². The van der Waals surface area contributed by atoms with E-state index in [1.54, 1.807) is 0 Å². The van der Waals surface area contributed by atoms with Crippen molar-refractivity contribution in [1.29, 1.82) is 0 Å². The van der Waals surface area contributed by atoms with Crippen LogP contribution in [0.15, 0.2) is 0 Å². The first-order valence-electron chi connectivity index (χ1n) is 5.33. The van der Waals surface area contributed by atoms with Crippen LogP contribution in [-0.4, -0.2) is 26.2 Å². The highest BCUT2D eigenvalue weighted by Crippen LogP contribution is 2.13. The maximum Gasteiger partial charge on any atom is 0.320 e. The van der Waals surface area contributed by atoms with Crippen molar-refractivity contribution in [3.8, 4) is 0 Å². The van der Waals surface area contributed by atoms with Crippen LogP contribution in [-0.2, 0) is 19.1 Å². The van der Waals surface area contributed by atoms with Crippen LogP contribution in [0.2, 0.25) is 0 Å². The summed E-state index contributed by atoms with van der Waals surface area (Å²) in [6.45, 7) is 2.11. The lowest BCUT2D eigenvalue weighted by atomic mass is 10.0. The Bertz CT molecular complexity index is 185. The van der Waals surface area contributed by atoms with Crippen molar-refractivity contribution in [2.24, 2.45) is 5.92 Å². The van der Waals surface area contributed by atoms with Gasteiger partial charge in [0.1, 0.15) is 0 Å². The monoisotopic (exact) mass is 216 g/mol. The molecule has 0 fully saturated rings. The minimum atomic E-state index is -0.753. The van der Waals surface area contributed by atoms with Gasteiger partial charge in [0.15, 0.2) is 5.92 Å². The first-order chi connectivity index (χ1) is 7.17. The number of unbranched alkanes of at least 4 members (excludes halogenated alkanes) is 3. The summed E-state index contributed by atoms with van der Waals surface area (Å²) in [4.78, 5) is 22.5. The highest BCUT2D eigenvalue weighted by Gasteiger charge is 2.27. The van der Waals surface area contributed by atoms with Crippen LogP contribution in [0.4, 0.5) is 0 Å². The molecule has 0 rings (SSSR count). The number of rotatable bonds is 7. The minimum absolute atomic E-state index is 0.502. The van der Waals surface area contributed by atoms with Crippen LogP contribution in [0.5, 0.6) is 0 Å². The first kappa shape index (κ1) is 13.9. The van der Waals surface area contributed by atoms with Gasteiger partial charge in [-0.05, 0) is 6.42 Å². The molecule has 0 N–H and O–H groups in total. The van der Waals surface area contributed by atoms with E-state index in [2.05, 4.69) is 16.4 Å². The Morgan fingerprint density at radius 1 is 1.00 bits per heavy atom. The Labute approximate surface area is 90.9 Å². The normalized spacial score (nSPS) is 10.1. The van der Waals surface area contributed by atoms with Gasteiger partial charge in [-0.15, -0.1) is 0 Å². The Hall–Kier alpha value is -1.06. The molecule has 0 saturated carbocycles. The summed E-state index contributed by atoms with van der Waals surface area (Å²) in [6.07, 6.45) is 4.64. The smallest absolute Gasteiger partial charge is 0.320 e. The van der Waals surface area contributed by atoms with E-state index in [0.717, 1.165) is 25.7 Å². The fourth-order valence-corrected chi connectivity index (χ4v) is 1.39. The van der Waals surface area contributed by atoms with Crippen molar-refractivity contribution in [1.82, 2.24) is 0 Å². The molecular weight excluding hydrogens is 196 g/mol. The molecule has 0 amide bonds. The van der Waals surface area contributed by atoms with Gasteiger partial charge in [0.05, 0.1) is 14.2 Å². The molecule has 0 aliphatic carbocycles. The van der Waals surface area contributed by atoms with Gasteiger partial charge in [-0.2, -0.15) is 0 Å². The van der Waals surface area contributed by atoms with E-state index in [-0.39, 0.29) is 0 Å². The number of carbonyl (C=O) groups is 2. The molecule has 0 atom stereocenters. The van der Waals surface area contributed by atoms with Crippen molar-refractivity contribution < 1.29 is 19.1 Å². The van der Waals surface area contributed by atoms with Crippen molar-refractivity contribution >= 4 is 11.9 Å². The lowest BCUT2D eigenvalue weighted by Crippen LogP contribution is -2.26. The van der Waals surface area contributed by atoms with Crippen LogP contribution < -0.4 is 0 Å². The fourth-order valence-electron chi connectivity index (χ4n) is 1.39. The Kier molecular flexibility index (Phi) is 7.68. The van der Waals surface area contributed by atoms with E-state index < -0.39 is 17.9 Å². The zero-order chi connectivity index (χ0) is 11.7. The number of ether oxygens (including phenoxy) is 2. The topological polar surface area (TPSA) is 52.6 Å². The second kappa shape index (κ2) is 8.26. The summed E-state index contributed by atoms with van der Waals surface area (Å²) < 4.78 is 9.11. The first-order valence-corrected chi connectivity index (χ1v) is 5.33. The van der Waals surface area contributed by atoms with Gasteiger partial charge in [-0.1, -0.05) is 32.6 Å². The zero-order valence-corrected chi connectivity index (χ0v) is 9.75. The quantitative estimate of drug-likeness (QED) is 0.370. The molecule has 0 aliphatic rings. The Morgan fingerprint density at radius 3 is 1.93 bits per heavy atom. The average molecular weight is 216 g/mol. The maximum absolute atomic E-state index is 11.3. The summed E-state index contributed by atoms with van der Waals surface area (Å²) in [5.74, 6) is -1.76. The number of methoxy groups -OCH3 is 2. The predicted molar refractivity (Wildman–Crippen MR) is 56.3 cm³/mol. The highest BCUT2D eigenvalue weighted by molar-refractivity contribution is 5.94. The van der Waals surface area contributed by atoms with Gasteiger partial charge in [-0.3, -0.25) is 9.59 Å². The van der Waals surface area contributed by atoms with E-state index in [4.69, 9.17) is 0 Å². The zero-order valence-electron chi connectivity index (χ0n) is 9.75. The Morgan fingerprint density at radius 2 is 1.53 bits per heavy atom. The second-order valence-corrected chi connectivity index (χ2v) is 3.45. The highest BCUT2D eigenvalue weighted by atomic mass is 16.5. The van der Waals surface area contributed by atoms with Gasteiger partial charge in [0.25, 0.3) is 0 Å². The van der Waals surface area contributed by atoms with Gasteiger partial charge in [0, 0.05) is 0 Å². The molecule has 0 saturated heterocycles. The summed E-state index contributed by atoms with van der Waals surface area (Å²) in [5.41, 5.74) is 0. The molecule has 0 aromatic rings. The fraction of sp³-hybridized carbons (Fsp3) is 0.818. The average Bonchev–Trinajstić information content (AvgIpc) is 2.27. The molecule has 4 nitrogen and oxygen atoms in total. The lowest BCUT2D eigenvalue weighted by Gasteiger charge is -2.11. The maximum atomic E-state index is 11.3. The summed E-state index contributed by atoms with van der Waals surface area (Å²) in [7, 11) is 2.56. The molecule has 0 bridgehead atoms. The number of hydrogen-bond donors (Lipinski definition) is 0. The third-order valence-electron chi connectivity index (χ3n) is 2.32. The van der Waals surface area contributed by atoms with Gasteiger partial charge in [-0.25, -0.2) is 0 Å². The number of carbonyl (C=O) groups excluding carboxylic acids is 2. The molecule has 0 aliphatic heterocycles. The minimum Gasteiger partial charge on any atom is -0.468 e. The SMILES string of the molecule is CCCCCCC(C(=O)OC)C(=O)OC. The van der Waals surface area contributed by atoms with Gasteiger partial charge < -0.3 is 9.47 Å². The van der Waals surface area contributed by atoms with E-state index in [9.17, 15) is 9.59 Å². The van der Waals surface area contributed by atoms with Crippen LogP contribution in [0.25, 0.3) is 0 Å². The molecule has 88 valence electrons. The molecular formula is C11H20O4. The molecule has 0 heterocycles. The van der Waals surface area contributed by atoms with Crippen LogP contribution in [0, 0.1) is 5.92 Å². The summed E-state index contributed by atoms with van der Waals surface area (Å²) in [5, 5.41) is 0. The molecule has 0 aromatic carbocycles. The van der Waals surface area contributed by atoms with Gasteiger partial charge in [0.2, 0.25) is 0 Å². The number of esters is 2. The largest absolute Gasteiger partial charge is 0.468 e. The molecule has 0 spiro atoms. The van der Waals surface area contributed by atoms with Crippen LogP contribution in [0.1, 0.15) is 39.0 Å². The van der Waals surface area contributed by atoms with Crippen molar-refractivity contribution in [3.05, 3.63) is 0 Å². The van der Waals surface area contributed by atoms with E-state index >= 15 is 0 Å². The third-order valence-corrected chi connectivity index (χ3v) is 2.32. The van der Waals surface area contributed by atoms with Crippen molar-refractivity contribution in [3.63, 3.8) is 0 Å². The molecule has 15 heavy (non-hydrogen) atoms. The molecule has 0 aromatic heterocycles. The molecule has 0 radical (unpaired) electrons. The predicted octanol–water partition coefficient (Wildman–Crippen LogP) is 1.92. The van der Waals surface area contributed by atoms with Crippen LogP contribution >= 0.6 is 0 Å². The summed E-state index contributed by atoms with van der Waals surface area (Å²) in [6, 6.07) is 0. The Balaban J connectivity index is 4.02. The van der Waals surface area contributed by atoms with E-state index in [1.165, 1.54) is 14.2 Å². The van der Waals surface area contributed by atoms with Crippen molar-refractivity contribution in [2.45, 2.75) is 39.0 Å². The van der Waals surface area contributed by atoms with E-state index in [1.807, 2.05) is 0 Å².